The molecule has 0 amide bonds. The molecule has 0 saturated heterocycles. The van der Waals surface area contributed by atoms with Crippen LogP contribution in [0.2, 0.25) is 0 Å². The highest BCUT2D eigenvalue weighted by Gasteiger charge is 2.20. The summed E-state index contributed by atoms with van der Waals surface area (Å²) in [5, 5.41) is 4.25. The highest BCUT2D eigenvalue weighted by atomic mass is 127. The second-order valence-corrected chi connectivity index (χ2v) is 4.54. The Morgan fingerprint density at radius 2 is 2.23 bits per heavy atom. The molecule has 0 radical (unpaired) electrons. The number of aldehydes is 1. The lowest BCUT2D eigenvalue weighted by Crippen LogP contribution is -2.10. The van der Waals surface area contributed by atoms with Crippen LogP contribution >= 0.6 is 22.6 Å². The predicted octanol–water partition coefficient (Wildman–Crippen LogP) is 2.42. The van der Waals surface area contributed by atoms with E-state index in [9.17, 15) is 4.79 Å². The van der Waals surface area contributed by atoms with Crippen LogP contribution in [0.15, 0.2) is 6.20 Å². The van der Waals surface area contributed by atoms with Gasteiger partial charge in [-0.25, -0.2) is 0 Å². The fourth-order valence-electron chi connectivity index (χ4n) is 1.90. The number of rotatable bonds is 2. The van der Waals surface area contributed by atoms with Crippen LogP contribution in [0.4, 0.5) is 0 Å². The number of hydrogen-bond acceptors (Lipinski definition) is 2. The fourth-order valence-corrected chi connectivity index (χ4v) is 2.40. The number of halogens is 1. The van der Waals surface area contributed by atoms with Crippen LogP contribution in [-0.4, -0.2) is 16.1 Å². The van der Waals surface area contributed by atoms with E-state index >= 15 is 0 Å². The zero-order chi connectivity index (χ0) is 9.26. The third kappa shape index (κ3) is 1.63. The van der Waals surface area contributed by atoms with E-state index in [2.05, 4.69) is 27.7 Å². The normalized spacial score (nSPS) is 17.9. The van der Waals surface area contributed by atoms with Gasteiger partial charge in [-0.1, -0.05) is 12.8 Å². The molecule has 1 aromatic rings. The summed E-state index contributed by atoms with van der Waals surface area (Å²) >= 11 is 2.15. The molecule has 1 aliphatic carbocycles. The monoisotopic (exact) mass is 290 g/mol. The van der Waals surface area contributed by atoms with Gasteiger partial charge >= 0.3 is 0 Å². The average molecular weight is 290 g/mol. The van der Waals surface area contributed by atoms with Crippen molar-refractivity contribution in [3.05, 3.63) is 15.5 Å². The molecular formula is C9H11IN2O. The molecule has 1 heterocycles. The van der Waals surface area contributed by atoms with Crippen LogP contribution in [0.5, 0.6) is 0 Å². The SMILES string of the molecule is O=Cc1c(I)cnn1C1CCCC1. The second kappa shape index (κ2) is 3.77. The smallest absolute Gasteiger partial charge is 0.169 e. The molecule has 13 heavy (non-hydrogen) atoms. The molecule has 0 atom stereocenters. The summed E-state index contributed by atoms with van der Waals surface area (Å²) in [5.41, 5.74) is 0.743. The fraction of sp³-hybridized carbons (Fsp3) is 0.556. The molecule has 1 aliphatic rings. The van der Waals surface area contributed by atoms with E-state index in [0.29, 0.717) is 6.04 Å². The van der Waals surface area contributed by atoms with Crippen LogP contribution in [0, 0.1) is 3.57 Å². The zero-order valence-corrected chi connectivity index (χ0v) is 9.40. The maximum Gasteiger partial charge on any atom is 0.169 e. The molecule has 0 unspecified atom stereocenters. The zero-order valence-electron chi connectivity index (χ0n) is 7.24. The summed E-state index contributed by atoms with van der Waals surface area (Å²) in [6, 6.07) is 0.462. The van der Waals surface area contributed by atoms with Crippen molar-refractivity contribution < 1.29 is 4.79 Å². The van der Waals surface area contributed by atoms with Gasteiger partial charge in [0.25, 0.3) is 0 Å². The van der Waals surface area contributed by atoms with Gasteiger partial charge in [0.1, 0.15) is 5.69 Å². The van der Waals surface area contributed by atoms with Gasteiger partial charge in [0.15, 0.2) is 6.29 Å². The molecule has 1 saturated carbocycles. The van der Waals surface area contributed by atoms with E-state index < -0.39 is 0 Å². The average Bonchev–Trinajstić information content (AvgIpc) is 2.71. The molecule has 0 bridgehead atoms. The first kappa shape index (κ1) is 9.18. The van der Waals surface area contributed by atoms with Crippen LogP contribution in [-0.2, 0) is 0 Å². The highest BCUT2D eigenvalue weighted by Crippen LogP contribution is 2.30. The number of carbonyl (C=O) groups is 1. The largest absolute Gasteiger partial charge is 0.296 e. The van der Waals surface area contributed by atoms with Crippen molar-refractivity contribution in [1.29, 1.82) is 0 Å². The van der Waals surface area contributed by atoms with Gasteiger partial charge in [0, 0.05) is 0 Å². The van der Waals surface area contributed by atoms with Crippen LogP contribution in [0.3, 0.4) is 0 Å². The number of nitrogens with zero attached hydrogens (tertiary/aromatic N) is 2. The lowest BCUT2D eigenvalue weighted by molar-refractivity contribution is 0.111. The molecule has 1 fully saturated rings. The summed E-state index contributed by atoms with van der Waals surface area (Å²) in [5.74, 6) is 0. The molecule has 0 aromatic carbocycles. The third-order valence-electron chi connectivity index (χ3n) is 2.57. The minimum atomic E-state index is 0.462. The van der Waals surface area contributed by atoms with Crippen LogP contribution in [0.25, 0.3) is 0 Å². The summed E-state index contributed by atoms with van der Waals surface area (Å²) in [6.07, 6.45) is 7.53. The second-order valence-electron chi connectivity index (χ2n) is 3.38. The van der Waals surface area contributed by atoms with E-state index in [1.165, 1.54) is 25.7 Å². The Balaban J connectivity index is 2.32. The van der Waals surface area contributed by atoms with Crippen molar-refractivity contribution >= 4 is 28.9 Å². The maximum absolute atomic E-state index is 10.8. The number of hydrogen-bond donors (Lipinski definition) is 0. The molecule has 1 aromatic heterocycles. The molecule has 0 spiro atoms. The van der Waals surface area contributed by atoms with E-state index in [1.54, 1.807) is 6.20 Å². The highest BCUT2D eigenvalue weighted by molar-refractivity contribution is 14.1. The standard InChI is InChI=1S/C9H11IN2O/c10-8-5-11-12(9(8)6-13)7-3-1-2-4-7/h5-7H,1-4H2. The summed E-state index contributed by atoms with van der Waals surface area (Å²) in [6.45, 7) is 0. The first-order chi connectivity index (χ1) is 6.33. The maximum atomic E-state index is 10.8. The van der Waals surface area contributed by atoms with E-state index in [0.717, 1.165) is 15.6 Å². The lowest BCUT2D eigenvalue weighted by atomic mass is 10.2. The molecule has 0 aliphatic heterocycles. The molecule has 4 heteroatoms. The Morgan fingerprint density at radius 1 is 1.54 bits per heavy atom. The topological polar surface area (TPSA) is 34.9 Å². The quantitative estimate of drug-likeness (QED) is 0.619. The summed E-state index contributed by atoms with van der Waals surface area (Å²) in [7, 11) is 0. The predicted molar refractivity (Wildman–Crippen MR) is 57.8 cm³/mol. The molecule has 2 rings (SSSR count). The first-order valence-corrected chi connectivity index (χ1v) is 5.59. The summed E-state index contributed by atoms with van der Waals surface area (Å²) in [4.78, 5) is 10.8. The molecule has 0 N–H and O–H groups in total. The van der Waals surface area contributed by atoms with Gasteiger partial charge in [-0.05, 0) is 35.4 Å². The Bertz CT molecular complexity index is 315. The van der Waals surface area contributed by atoms with Crippen LogP contribution in [0.1, 0.15) is 42.2 Å². The van der Waals surface area contributed by atoms with Gasteiger partial charge in [0.05, 0.1) is 15.8 Å². The van der Waals surface area contributed by atoms with Crippen molar-refractivity contribution in [2.45, 2.75) is 31.7 Å². The minimum absolute atomic E-state index is 0.462. The van der Waals surface area contributed by atoms with Gasteiger partial charge < -0.3 is 0 Å². The Labute approximate surface area is 90.6 Å². The molecule has 70 valence electrons. The van der Waals surface area contributed by atoms with E-state index in [1.807, 2.05) is 4.68 Å². The first-order valence-electron chi connectivity index (χ1n) is 4.51. The number of carbonyl (C=O) groups excluding carboxylic acids is 1. The minimum Gasteiger partial charge on any atom is -0.296 e. The van der Waals surface area contributed by atoms with Gasteiger partial charge in [-0.15, -0.1) is 0 Å². The molecular weight excluding hydrogens is 279 g/mol. The molecule has 3 nitrogen and oxygen atoms in total. The Morgan fingerprint density at radius 3 is 2.85 bits per heavy atom. The third-order valence-corrected chi connectivity index (χ3v) is 3.40. The van der Waals surface area contributed by atoms with Crippen molar-refractivity contribution in [2.75, 3.05) is 0 Å². The van der Waals surface area contributed by atoms with Crippen LogP contribution < -0.4 is 0 Å². The lowest BCUT2D eigenvalue weighted by Gasteiger charge is -2.10. The van der Waals surface area contributed by atoms with Crippen molar-refractivity contribution in [1.82, 2.24) is 9.78 Å². The summed E-state index contributed by atoms with van der Waals surface area (Å²) < 4.78 is 2.85. The van der Waals surface area contributed by atoms with Gasteiger partial charge in [-0.3, -0.25) is 9.48 Å². The van der Waals surface area contributed by atoms with E-state index in [4.69, 9.17) is 0 Å². The van der Waals surface area contributed by atoms with Crippen molar-refractivity contribution in [3.8, 4) is 0 Å². The van der Waals surface area contributed by atoms with E-state index in [-0.39, 0.29) is 0 Å². The Kier molecular flexibility index (Phi) is 2.66. The van der Waals surface area contributed by atoms with Gasteiger partial charge in [0.2, 0.25) is 0 Å². The number of aromatic nitrogens is 2. The van der Waals surface area contributed by atoms with Gasteiger partial charge in [-0.2, -0.15) is 5.10 Å². The van der Waals surface area contributed by atoms with Crippen molar-refractivity contribution in [2.24, 2.45) is 0 Å². The van der Waals surface area contributed by atoms with Crippen molar-refractivity contribution in [3.63, 3.8) is 0 Å². The Hall–Kier alpha value is -0.390.